The van der Waals surface area contributed by atoms with Crippen molar-refractivity contribution in [2.75, 3.05) is 50.1 Å². The van der Waals surface area contributed by atoms with E-state index >= 15 is 0 Å². The normalized spacial score (nSPS) is 13.8. The molecule has 5 rings (SSSR count). The van der Waals surface area contributed by atoms with Gasteiger partial charge in [-0.15, -0.1) is 0 Å². The van der Waals surface area contributed by atoms with Gasteiger partial charge >= 0.3 is 0 Å². The lowest BCUT2D eigenvalue weighted by atomic mass is 10.0. The van der Waals surface area contributed by atoms with Crippen LogP contribution in [0.1, 0.15) is 13.3 Å². The van der Waals surface area contributed by atoms with E-state index in [9.17, 15) is 9.18 Å². The van der Waals surface area contributed by atoms with E-state index in [1.54, 1.807) is 18.2 Å². The van der Waals surface area contributed by atoms with Crippen LogP contribution in [0.3, 0.4) is 0 Å². The summed E-state index contributed by atoms with van der Waals surface area (Å²) in [4.78, 5) is 23.1. The van der Waals surface area contributed by atoms with Gasteiger partial charge in [0, 0.05) is 49.3 Å². The molecule has 196 valence electrons. The fourth-order valence-corrected chi connectivity index (χ4v) is 4.46. The number of nitrogens with one attached hydrogen (secondary N) is 2. The quantitative estimate of drug-likeness (QED) is 0.295. The summed E-state index contributed by atoms with van der Waals surface area (Å²) < 4.78 is 26.1. The van der Waals surface area contributed by atoms with Gasteiger partial charge in [-0.1, -0.05) is 30.3 Å². The summed E-state index contributed by atoms with van der Waals surface area (Å²) in [6, 6.07) is 17.8. The Morgan fingerprint density at radius 3 is 2.68 bits per heavy atom. The van der Waals surface area contributed by atoms with Crippen LogP contribution in [0, 0.1) is 5.82 Å². The Morgan fingerprint density at radius 1 is 1.08 bits per heavy atom. The molecule has 0 saturated carbocycles. The third kappa shape index (κ3) is 6.24. The maximum Gasteiger partial charge on any atom is 0.221 e. The van der Waals surface area contributed by atoms with Gasteiger partial charge in [0.1, 0.15) is 23.7 Å². The molecule has 1 aromatic heterocycles. The second kappa shape index (κ2) is 12.0. The van der Waals surface area contributed by atoms with Crippen LogP contribution in [0.2, 0.25) is 0 Å². The van der Waals surface area contributed by atoms with Gasteiger partial charge in [0.2, 0.25) is 5.91 Å². The minimum atomic E-state index is -0.308. The van der Waals surface area contributed by atoms with Gasteiger partial charge in [-0.05, 0) is 36.2 Å². The summed E-state index contributed by atoms with van der Waals surface area (Å²) in [6.45, 7) is 6.27. The maximum absolute atomic E-state index is 14.6. The summed E-state index contributed by atoms with van der Waals surface area (Å²) in [5.74, 6) is 0.566. The van der Waals surface area contributed by atoms with Crippen molar-refractivity contribution in [3.63, 3.8) is 0 Å². The van der Waals surface area contributed by atoms with Gasteiger partial charge < -0.3 is 20.1 Å². The first-order chi connectivity index (χ1) is 18.6. The van der Waals surface area contributed by atoms with Crippen molar-refractivity contribution < 1.29 is 18.7 Å². The Bertz CT molecular complexity index is 1410. The van der Waals surface area contributed by atoms with E-state index in [-0.39, 0.29) is 11.7 Å². The molecule has 3 aromatic carbocycles. The first kappa shape index (κ1) is 25.6. The summed E-state index contributed by atoms with van der Waals surface area (Å²) in [7, 11) is 0. The molecule has 38 heavy (non-hydrogen) atoms. The Balaban J connectivity index is 1.38. The van der Waals surface area contributed by atoms with E-state index in [1.165, 1.54) is 19.3 Å². The molecule has 0 unspecified atom stereocenters. The molecule has 0 atom stereocenters. The number of carbonyl (C=O) groups excluding carboxylic acids is 1. The van der Waals surface area contributed by atoms with Crippen molar-refractivity contribution in [3.05, 3.63) is 72.8 Å². The number of morpholine rings is 1. The lowest BCUT2D eigenvalue weighted by Gasteiger charge is -2.26. The van der Waals surface area contributed by atoms with Gasteiger partial charge in [0.05, 0.1) is 31.0 Å². The van der Waals surface area contributed by atoms with Gasteiger partial charge in [-0.3, -0.25) is 9.69 Å². The Hall–Kier alpha value is -4.08. The van der Waals surface area contributed by atoms with Crippen molar-refractivity contribution in [2.24, 2.45) is 0 Å². The highest BCUT2D eigenvalue weighted by molar-refractivity contribution is 5.99. The van der Waals surface area contributed by atoms with E-state index in [1.807, 2.05) is 36.4 Å². The first-order valence-electron chi connectivity index (χ1n) is 12.7. The molecular weight excluding hydrogens is 485 g/mol. The van der Waals surface area contributed by atoms with Crippen molar-refractivity contribution in [1.82, 2.24) is 14.9 Å². The molecule has 1 aliphatic rings. The number of anilines is 3. The smallest absolute Gasteiger partial charge is 0.221 e. The number of fused-ring (bicyclic) bond motifs is 1. The summed E-state index contributed by atoms with van der Waals surface area (Å²) in [6.07, 6.45) is 2.31. The number of ether oxygens (including phenoxy) is 2. The van der Waals surface area contributed by atoms with E-state index < -0.39 is 0 Å². The summed E-state index contributed by atoms with van der Waals surface area (Å²) in [5.41, 5.74) is 3.14. The molecule has 4 aromatic rings. The van der Waals surface area contributed by atoms with Crippen molar-refractivity contribution in [1.29, 1.82) is 0 Å². The number of halogens is 1. The lowest BCUT2D eigenvalue weighted by Crippen LogP contribution is -2.37. The van der Waals surface area contributed by atoms with Gasteiger partial charge in [-0.2, -0.15) is 0 Å². The fourth-order valence-electron chi connectivity index (χ4n) is 4.46. The number of aromatic nitrogens is 2. The third-order valence-electron chi connectivity index (χ3n) is 6.34. The topological polar surface area (TPSA) is 88.6 Å². The van der Waals surface area contributed by atoms with Crippen LogP contribution in [0.15, 0.2) is 67.0 Å². The molecule has 1 saturated heterocycles. The largest absolute Gasteiger partial charge is 0.491 e. The number of hydrogen-bond donors (Lipinski definition) is 2. The van der Waals surface area contributed by atoms with E-state index in [0.29, 0.717) is 46.0 Å². The predicted octanol–water partition coefficient (Wildman–Crippen LogP) is 5.24. The molecule has 1 fully saturated rings. The fraction of sp³-hybridized carbons (Fsp3) is 0.276. The van der Waals surface area contributed by atoms with Crippen LogP contribution < -0.4 is 15.4 Å². The third-order valence-corrected chi connectivity index (χ3v) is 6.34. The van der Waals surface area contributed by atoms with Crippen LogP contribution in [-0.4, -0.2) is 60.2 Å². The second-order valence-corrected chi connectivity index (χ2v) is 9.11. The monoisotopic (exact) mass is 515 g/mol. The number of amides is 1. The van der Waals surface area contributed by atoms with Crippen LogP contribution in [0.4, 0.5) is 21.6 Å². The number of benzene rings is 3. The van der Waals surface area contributed by atoms with Crippen molar-refractivity contribution in [3.8, 4) is 16.9 Å². The molecule has 0 spiro atoms. The van der Waals surface area contributed by atoms with Crippen LogP contribution in [0.25, 0.3) is 22.0 Å². The van der Waals surface area contributed by atoms with Crippen molar-refractivity contribution in [2.45, 2.75) is 13.3 Å². The lowest BCUT2D eigenvalue weighted by molar-refractivity contribution is -0.114. The minimum Gasteiger partial charge on any atom is -0.491 e. The highest BCUT2D eigenvalue weighted by atomic mass is 19.1. The Kier molecular flexibility index (Phi) is 8.06. The summed E-state index contributed by atoms with van der Waals surface area (Å²) >= 11 is 0. The molecule has 2 N–H and O–H groups in total. The zero-order valence-electron chi connectivity index (χ0n) is 21.2. The predicted molar refractivity (Wildman–Crippen MR) is 146 cm³/mol. The van der Waals surface area contributed by atoms with Gasteiger partial charge in [-0.25, -0.2) is 14.4 Å². The zero-order valence-corrected chi connectivity index (χ0v) is 21.2. The van der Waals surface area contributed by atoms with Crippen LogP contribution in [-0.2, 0) is 9.53 Å². The maximum atomic E-state index is 14.6. The molecule has 0 aliphatic carbocycles. The van der Waals surface area contributed by atoms with E-state index in [0.717, 1.165) is 44.8 Å². The molecule has 0 bridgehead atoms. The zero-order chi connectivity index (χ0) is 26.3. The Labute approximate surface area is 220 Å². The standard InChI is InChI=1S/C29H30FN5O3/c1-20(36)33-27-17-24-26(18-28(27)38-13-5-10-35-11-14-37-15-12-35)31-19-32-29(24)34-22-8-9-25(30)23(16-22)21-6-3-2-4-7-21/h2-4,6-9,16-19H,5,10-15H2,1H3,(H,33,36)(H,31,32,34). The van der Waals surface area contributed by atoms with Gasteiger partial charge in [0.25, 0.3) is 0 Å². The molecule has 9 heteroatoms. The van der Waals surface area contributed by atoms with Gasteiger partial charge in [0.15, 0.2) is 0 Å². The molecule has 2 heterocycles. The minimum absolute atomic E-state index is 0.208. The number of nitrogens with zero attached hydrogens (tertiary/aromatic N) is 3. The number of hydrogen-bond acceptors (Lipinski definition) is 7. The molecule has 1 amide bonds. The SMILES string of the molecule is CC(=O)Nc1cc2c(Nc3ccc(F)c(-c4ccccc4)c3)ncnc2cc1OCCCN1CCOCC1. The Morgan fingerprint density at radius 2 is 1.89 bits per heavy atom. The molecular formula is C29H30FN5O3. The second-order valence-electron chi connectivity index (χ2n) is 9.11. The van der Waals surface area contributed by atoms with Crippen molar-refractivity contribution >= 4 is 34.0 Å². The average Bonchev–Trinajstić information content (AvgIpc) is 2.93. The molecule has 8 nitrogen and oxygen atoms in total. The highest BCUT2D eigenvalue weighted by Gasteiger charge is 2.15. The van der Waals surface area contributed by atoms with Crippen LogP contribution >= 0.6 is 0 Å². The number of rotatable bonds is 9. The first-order valence-corrected chi connectivity index (χ1v) is 12.7. The van der Waals surface area contributed by atoms with E-state index in [4.69, 9.17) is 9.47 Å². The number of carbonyl (C=O) groups is 1. The van der Waals surface area contributed by atoms with Crippen LogP contribution in [0.5, 0.6) is 5.75 Å². The molecule has 1 aliphatic heterocycles. The van der Waals surface area contributed by atoms with E-state index in [2.05, 4.69) is 25.5 Å². The molecule has 0 radical (unpaired) electrons. The summed E-state index contributed by atoms with van der Waals surface area (Å²) in [5, 5.41) is 6.84. The average molecular weight is 516 g/mol. The highest BCUT2D eigenvalue weighted by Crippen LogP contribution is 2.34.